The lowest BCUT2D eigenvalue weighted by molar-refractivity contribution is 0.334. The van der Waals surface area contributed by atoms with E-state index in [0.717, 1.165) is 5.56 Å². The highest BCUT2D eigenvalue weighted by Crippen LogP contribution is 2.18. The standard InChI is InChI=1S/C11H12ClFN2/c1-15(6-2-5-14)8-9-7-10(13)3-4-11(9)12/h3-4,7H,2,6,8H2,1H3. The van der Waals surface area contributed by atoms with Crippen molar-refractivity contribution in [2.45, 2.75) is 13.0 Å². The summed E-state index contributed by atoms with van der Waals surface area (Å²) in [6, 6.07) is 6.36. The molecule has 80 valence electrons. The lowest BCUT2D eigenvalue weighted by Crippen LogP contribution is -2.19. The molecule has 15 heavy (non-hydrogen) atoms. The maximum Gasteiger partial charge on any atom is 0.123 e. The van der Waals surface area contributed by atoms with E-state index in [1.165, 1.54) is 12.1 Å². The third-order valence-electron chi connectivity index (χ3n) is 2.05. The van der Waals surface area contributed by atoms with Crippen LogP contribution in [0.15, 0.2) is 18.2 Å². The first kappa shape index (κ1) is 12.0. The molecule has 0 atom stereocenters. The minimum absolute atomic E-state index is 0.289. The number of hydrogen-bond acceptors (Lipinski definition) is 2. The molecular formula is C11H12ClFN2. The van der Waals surface area contributed by atoms with Crippen LogP contribution in [0.5, 0.6) is 0 Å². The molecule has 0 radical (unpaired) electrons. The highest BCUT2D eigenvalue weighted by Gasteiger charge is 2.05. The number of benzene rings is 1. The Morgan fingerprint density at radius 3 is 2.93 bits per heavy atom. The van der Waals surface area contributed by atoms with Crippen molar-refractivity contribution in [1.82, 2.24) is 4.90 Å². The second-order valence-corrected chi connectivity index (χ2v) is 3.79. The second kappa shape index (κ2) is 5.69. The second-order valence-electron chi connectivity index (χ2n) is 3.38. The summed E-state index contributed by atoms with van der Waals surface area (Å²) in [4.78, 5) is 1.93. The van der Waals surface area contributed by atoms with Gasteiger partial charge in [-0.15, -0.1) is 0 Å². The first-order valence-electron chi connectivity index (χ1n) is 4.63. The van der Waals surface area contributed by atoms with Crippen LogP contribution in [0.2, 0.25) is 5.02 Å². The van der Waals surface area contributed by atoms with Crippen molar-refractivity contribution in [3.05, 3.63) is 34.6 Å². The number of rotatable bonds is 4. The van der Waals surface area contributed by atoms with Gasteiger partial charge in [-0.25, -0.2) is 4.39 Å². The average molecular weight is 227 g/mol. The summed E-state index contributed by atoms with van der Waals surface area (Å²) in [5.74, 6) is -0.289. The van der Waals surface area contributed by atoms with Crippen molar-refractivity contribution >= 4 is 11.6 Å². The zero-order chi connectivity index (χ0) is 11.3. The quantitative estimate of drug-likeness (QED) is 0.790. The molecule has 0 bridgehead atoms. The fraction of sp³-hybridized carbons (Fsp3) is 0.364. The van der Waals surface area contributed by atoms with Gasteiger partial charge in [-0.2, -0.15) is 5.26 Å². The third-order valence-corrected chi connectivity index (χ3v) is 2.42. The SMILES string of the molecule is CN(CCC#N)Cc1cc(F)ccc1Cl. The predicted molar refractivity (Wildman–Crippen MR) is 58.0 cm³/mol. The van der Waals surface area contributed by atoms with E-state index in [0.29, 0.717) is 24.5 Å². The highest BCUT2D eigenvalue weighted by atomic mass is 35.5. The van der Waals surface area contributed by atoms with Gasteiger partial charge in [-0.3, -0.25) is 0 Å². The molecule has 0 aromatic heterocycles. The van der Waals surface area contributed by atoms with Crippen LogP contribution in [0.4, 0.5) is 4.39 Å². The van der Waals surface area contributed by atoms with Crippen LogP contribution < -0.4 is 0 Å². The van der Waals surface area contributed by atoms with Gasteiger partial charge >= 0.3 is 0 Å². The monoisotopic (exact) mass is 226 g/mol. The summed E-state index contributed by atoms with van der Waals surface area (Å²) >= 11 is 5.92. The lowest BCUT2D eigenvalue weighted by atomic mass is 10.2. The van der Waals surface area contributed by atoms with Crippen LogP contribution in [0, 0.1) is 17.1 Å². The van der Waals surface area contributed by atoms with Gasteiger partial charge in [0, 0.05) is 24.5 Å². The molecule has 1 aromatic rings. The fourth-order valence-corrected chi connectivity index (χ4v) is 1.45. The topological polar surface area (TPSA) is 27.0 Å². The predicted octanol–water partition coefficient (Wildman–Crippen LogP) is 2.82. The summed E-state index contributed by atoms with van der Waals surface area (Å²) in [6.07, 6.45) is 0.462. The van der Waals surface area contributed by atoms with E-state index >= 15 is 0 Å². The number of halogens is 2. The van der Waals surface area contributed by atoms with Crippen LogP contribution in [0.1, 0.15) is 12.0 Å². The Bertz CT molecular complexity index is 373. The van der Waals surface area contributed by atoms with Crippen LogP contribution in [0.25, 0.3) is 0 Å². The molecule has 0 N–H and O–H groups in total. The maximum absolute atomic E-state index is 12.9. The average Bonchev–Trinajstić information content (AvgIpc) is 2.20. The van der Waals surface area contributed by atoms with Gasteiger partial charge in [0.1, 0.15) is 5.82 Å². The Balaban J connectivity index is 2.64. The van der Waals surface area contributed by atoms with Gasteiger partial charge in [0.15, 0.2) is 0 Å². The van der Waals surface area contributed by atoms with Gasteiger partial charge in [0.25, 0.3) is 0 Å². The smallest absolute Gasteiger partial charge is 0.123 e. The van der Waals surface area contributed by atoms with E-state index < -0.39 is 0 Å². The van der Waals surface area contributed by atoms with E-state index in [1.807, 2.05) is 11.9 Å². The van der Waals surface area contributed by atoms with Crippen molar-refractivity contribution < 1.29 is 4.39 Å². The van der Waals surface area contributed by atoms with Crippen molar-refractivity contribution in [3.8, 4) is 6.07 Å². The van der Waals surface area contributed by atoms with Crippen LogP contribution in [-0.2, 0) is 6.54 Å². The van der Waals surface area contributed by atoms with Gasteiger partial charge in [0.05, 0.1) is 6.07 Å². The molecule has 0 aliphatic rings. The summed E-state index contributed by atoms with van der Waals surface area (Å²) in [5, 5.41) is 8.97. The fourth-order valence-electron chi connectivity index (χ4n) is 1.28. The van der Waals surface area contributed by atoms with Crippen molar-refractivity contribution in [2.75, 3.05) is 13.6 Å². The molecule has 0 heterocycles. The summed E-state index contributed by atoms with van der Waals surface area (Å²) in [5.41, 5.74) is 0.747. The van der Waals surface area contributed by atoms with Crippen molar-refractivity contribution in [2.24, 2.45) is 0 Å². The molecule has 0 saturated carbocycles. The Hall–Kier alpha value is -1.11. The van der Waals surface area contributed by atoms with Crippen LogP contribution in [-0.4, -0.2) is 18.5 Å². The lowest BCUT2D eigenvalue weighted by Gasteiger charge is -2.15. The molecule has 2 nitrogen and oxygen atoms in total. The van der Waals surface area contributed by atoms with Crippen molar-refractivity contribution in [1.29, 1.82) is 5.26 Å². The van der Waals surface area contributed by atoms with Gasteiger partial charge in [0.2, 0.25) is 0 Å². The zero-order valence-electron chi connectivity index (χ0n) is 8.50. The molecule has 1 rings (SSSR count). The molecule has 0 saturated heterocycles. The van der Waals surface area contributed by atoms with Crippen LogP contribution >= 0.6 is 11.6 Å². The Kier molecular flexibility index (Phi) is 4.54. The Labute approximate surface area is 93.9 Å². The zero-order valence-corrected chi connectivity index (χ0v) is 9.26. The van der Waals surface area contributed by atoms with E-state index in [4.69, 9.17) is 16.9 Å². The van der Waals surface area contributed by atoms with Gasteiger partial charge in [-0.1, -0.05) is 11.6 Å². The Morgan fingerprint density at radius 2 is 2.27 bits per heavy atom. The van der Waals surface area contributed by atoms with E-state index in [-0.39, 0.29) is 5.82 Å². The molecule has 1 aromatic carbocycles. The van der Waals surface area contributed by atoms with Crippen molar-refractivity contribution in [3.63, 3.8) is 0 Å². The summed E-state index contributed by atoms with van der Waals surface area (Å²) in [7, 11) is 1.87. The Morgan fingerprint density at radius 1 is 1.53 bits per heavy atom. The largest absolute Gasteiger partial charge is 0.301 e. The van der Waals surface area contributed by atoms with E-state index in [9.17, 15) is 4.39 Å². The molecule has 0 unspecified atom stereocenters. The van der Waals surface area contributed by atoms with Gasteiger partial charge < -0.3 is 4.90 Å². The molecule has 0 aliphatic carbocycles. The third kappa shape index (κ3) is 3.86. The molecule has 4 heteroatoms. The summed E-state index contributed by atoms with van der Waals surface area (Å²) in [6.45, 7) is 1.21. The number of hydrogen-bond donors (Lipinski definition) is 0. The molecule has 0 amide bonds. The first-order valence-corrected chi connectivity index (χ1v) is 5.00. The molecular weight excluding hydrogens is 215 g/mol. The summed E-state index contributed by atoms with van der Waals surface area (Å²) < 4.78 is 12.9. The number of nitriles is 1. The molecule has 0 aliphatic heterocycles. The van der Waals surface area contributed by atoms with E-state index in [1.54, 1.807) is 6.07 Å². The van der Waals surface area contributed by atoms with Crippen LogP contribution in [0.3, 0.4) is 0 Å². The molecule has 0 spiro atoms. The minimum Gasteiger partial charge on any atom is -0.301 e. The normalized spacial score (nSPS) is 10.3. The maximum atomic E-state index is 12.9. The first-order chi connectivity index (χ1) is 7.13. The highest BCUT2D eigenvalue weighted by molar-refractivity contribution is 6.31. The van der Waals surface area contributed by atoms with E-state index in [2.05, 4.69) is 6.07 Å². The molecule has 0 fully saturated rings. The number of nitrogens with zero attached hydrogens (tertiary/aromatic N) is 2. The van der Waals surface area contributed by atoms with Gasteiger partial charge in [-0.05, 0) is 30.8 Å². The minimum atomic E-state index is -0.289.